The number of nitrogens with two attached hydrogens (primary N) is 1. The topological polar surface area (TPSA) is 38.9 Å². The van der Waals surface area contributed by atoms with Gasteiger partial charge in [0.1, 0.15) is 5.03 Å². The number of alkyl halides is 3. The van der Waals surface area contributed by atoms with E-state index in [1.807, 2.05) is 0 Å². The lowest BCUT2D eigenvalue weighted by atomic mass is 10.3. The Bertz CT molecular complexity index is 349. The molecule has 0 amide bonds. The van der Waals surface area contributed by atoms with Crippen LogP contribution in [0.3, 0.4) is 0 Å². The fourth-order valence-electron chi connectivity index (χ4n) is 0.842. The molecule has 0 bridgehead atoms. The predicted molar refractivity (Wildman–Crippen MR) is 68.5 cm³/mol. The van der Waals surface area contributed by atoms with Gasteiger partial charge in [0.2, 0.25) is 0 Å². The highest BCUT2D eigenvalue weighted by molar-refractivity contribution is 7.99. The van der Waals surface area contributed by atoms with Crippen LogP contribution >= 0.6 is 48.2 Å². The first-order chi connectivity index (χ1) is 6.95. The van der Waals surface area contributed by atoms with E-state index in [2.05, 4.69) is 4.98 Å². The smallest absolute Gasteiger partial charge is 0.330 e. The second-order valence-electron chi connectivity index (χ2n) is 2.65. The zero-order valence-corrected chi connectivity index (χ0v) is 11.5. The van der Waals surface area contributed by atoms with Gasteiger partial charge >= 0.3 is 6.18 Å². The Hall–Kier alpha value is 0.120. The Labute approximate surface area is 118 Å². The lowest BCUT2D eigenvalue weighted by Gasteiger charge is -2.08. The first-order valence-corrected chi connectivity index (χ1v) is 5.37. The molecule has 2 nitrogen and oxygen atoms in total. The SMILES string of the molecule is Cl.Cl.NCCSc1ncc(C(F)(F)F)cc1Cl. The highest BCUT2D eigenvalue weighted by Crippen LogP contribution is 2.33. The summed E-state index contributed by atoms with van der Waals surface area (Å²) in [7, 11) is 0. The minimum absolute atomic E-state index is 0. The zero-order valence-electron chi connectivity index (χ0n) is 8.33. The van der Waals surface area contributed by atoms with Gasteiger partial charge in [0.25, 0.3) is 0 Å². The normalized spacial score (nSPS) is 10.4. The molecule has 2 N–H and O–H groups in total. The summed E-state index contributed by atoms with van der Waals surface area (Å²) in [5.74, 6) is 0.568. The maximum atomic E-state index is 12.2. The van der Waals surface area contributed by atoms with E-state index in [1.165, 1.54) is 11.8 Å². The molecule has 0 atom stereocenters. The van der Waals surface area contributed by atoms with Crippen LogP contribution in [0.5, 0.6) is 0 Å². The van der Waals surface area contributed by atoms with Gasteiger partial charge in [-0.15, -0.1) is 36.6 Å². The van der Waals surface area contributed by atoms with Crippen LogP contribution in [0.25, 0.3) is 0 Å². The minimum Gasteiger partial charge on any atom is -0.330 e. The summed E-state index contributed by atoms with van der Waals surface area (Å²) in [6.07, 6.45) is -3.64. The number of aromatic nitrogens is 1. The third-order valence-corrected chi connectivity index (χ3v) is 2.93. The van der Waals surface area contributed by atoms with Gasteiger partial charge in [-0.3, -0.25) is 0 Å². The second kappa shape index (κ2) is 8.26. The van der Waals surface area contributed by atoms with Gasteiger partial charge in [0.05, 0.1) is 10.6 Å². The molecule has 0 aromatic carbocycles. The molecule has 17 heavy (non-hydrogen) atoms. The van der Waals surface area contributed by atoms with Gasteiger partial charge in [-0.1, -0.05) is 11.6 Å². The van der Waals surface area contributed by atoms with E-state index in [4.69, 9.17) is 17.3 Å². The number of hydrogen-bond donors (Lipinski definition) is 1. The molecule has 1 aromatic rings. The van der Waals surface area contributed by atoms with Crippen LogP contribution in [-0.2, 0) is 6.18 Å². The molecule has 100 valence electrons. The van der Waals surface area contributed by atoms with Crippen LogP contribution in [-0.4, -0.2) is 17.3 Å². The van der Waals surface area contributed by atoms with E-state index >= 15 is 0 Å². The van der Waals surface area contributed by atoms with Gasteiger partial charge in [-0.2, -0.15) is 13.2 Å². The summed E-state index contributed by atoms with van der Waals surface area (Å²) in [5, 5.41) is 0.374. The van der Waals surface area contributed by atoms with E-state index in [0.717, 1.165) is 12.3 Å². The van der Waals surface area contributed by atoms with Crippen LogP contribution in [0.2, 0.25) is 5.02 Å². The molecule has 0 aliphatic heterocycles. The average Bonchev–Trinajstić information content (AvgIpc) is 2.14. The number of hydrogen-bond acceptors (Lipinski definition) is 3. The predicted octanol–water partition coefficient (Wildman–Crippen LogP) is 3.65. The summed E-state index contributed by atoms with van der Waals surface area (Å²) in [4.78, 5) is 3.64. The van der Waals surface area contributed by atoms with Crippen LogP contribution in [0.4, 0.5) is 13.2 Å². The van der Waals surface area contributed by atoms with Crippen molar-refractivity contribution in [2.45, 2.75) is 11.2 Å². The van der Waals surface area contributed by atoms with Crippen LogP contribution in [0.1, 0.15) is 5.56 Å². The van der Waals surface area contributed by atoms with Crippen molar-refractivity contribution >= 4 is 48.2 Å². The molecule has 0 saturated heterocycles. The van der Waals surface area contributed by atoms with E-state index in [1.54, 1.807) is 0 Å². The minimum atomic E-state index is -4.41. The standard InChI is InChI=1S/C8H8ClF3N2S.2ClH/c9-6-3-5(8(10,11)12)4-14-7(6)15-2-1-13;;/h3-4H,1-2,13H2;2*1H. The summed E-state index contributed by atoms with van der Waals surface area (Å²) < 4.78 is 36.7. The Balaban J connectivity index is 0. The molecule has 0 fully saturated rings. The van der Waals surface area contributed by atoms with E-state index in [9.17, 15) is 13.2 Å². The summed E-state index contributed by atoms with van der Waals surface area (Å²) >= 11 is 6.88. The molecule has 9 heteroatoms. The van der Waals surface area contributed by atoms with E-state index in [-0.39, 0.29) is 29.8 Å². The van der Waals surface area contributed by atoms with Gasteiger partial charge in [-0.05, 0) is 6.07 Å². The van der Waals surface area contributed by atoms with Crippen LogP contribution in [0.15, 0.2) is 17.3 Å². The molecule has 0 saturated carbocycles. The van der Waals surface area contributed by atoms with E-state index in [0.29, 0.717) is 17.3 Å². The Morgan fingerprint density at radius 2 is 1.94 bits per heavy atom. The fraction of sp³-hybridized carbons (Fsp3) is 0.375. The maximum absolute atomic E-state index is 12.2. The number of thioether (sulfide) groups is 1. The molecule has 0 aliphatic carbocycles. The molecule has 1 rings (SSSR count). The quantitative estimate of drug-likeness (QED) is 0.860. The first-order valence-electron chi connectivity index (χ1n) is 4.00. The Morgan fingerprint density at radius 1 is 1.35 bits per heavy atom. The van der Waals surface area contributed by atoms with E-state index < -0.39 is 11.7 Å². The highest BCUT2D eigenvalue weighted by atomic mass is 35.5. The molecule has 0 spiro atoms. The van der Waals surface area contributed by atoms with Crippen molar-refractivity contribution in [1.82, 2.24) is 4.98 Å². The van der Waals surface area contributed by atoms with Crippen molar-refractivity contribution in [2.24, 2.45) is 5.73 Å². The lowest BCUT2D eigenvalue weighted by Crippen LogP contribution is -2.06. The summed E-state index contributed by atoms with van der Waals surface area (Å²) in [6.45, 7) is 0.420. The first kappa shape index (κ1) is 19.5. The Kier molecular flexibility index (Phi) is 9.46. The van der Waals surface area contributed by atoms with Crippen LogP contribution < -0.4 is 5.73 Å². The number of rotatable bonds is 3. The summed E-state index contributed by atoms with van der Waals surface area (Å²) in [6, 6.07) is 0.868. The third-order valence-electron chi connectivity index (χ3n) is 1.49. The molecule has 0 unspecified atom stereocenters. The largest absolute Gasteiger partial charge is 0.417 e. The van der Waals surface area contributed by atoms with Crippen molar-refractivity contribution in [3.05, 3.63) is 22.8 Å². The third kappa shape index (κ3) is 6.01. The number of nitrogens with zero attached hydrogens (tertiary/aromatic N) is 1. The number of pyridine rings is 1. The van der Waals surface area contributed by atoms with Crippen molar-refractivity contribution in [3.8, 4) is 0 Å². The maximum Gasteiger partial charge on any atom is 0.417 e. The van der Waals surface area contributed by atoms with Crippen molar-refractivity contribution in [2.75, 3.05) is 12.3 Å². The lowest BCUT2D eigenvalue weighted by molar-refractivity contribution is -0.137. The molecular formula is C8H10Cl3F3N2S. The number of halogens is 6. The van der Waals surface area contributed by atoms with Gasteiger partial charge in [0, 0.05) is 18.5 Å². The van der Waals surface area contributed by atoms with Crippen molar-refractivity contribution in [3.63, 3.8) is 0 Å². The molecule has 0 aliphatic rings. The Morgan fingerprint density at radius 3 is 2.35 bits per heavy atom. The van der Waals surface area contributed by atoms with Crippen molar-refractivity contribution < 1.29 is 13.2 Å². The van der Waals surface area contributed by atoms with Gasteiger partial charge in [0.15, 0.2) is 0 Å². The van der Waals surface area contributed by atoms with Gasteiger partial charge < -0.3 is 5.73 Å². The highest BCUT2D eigenvalue weighted by Gasteiger charge is 2.31. The molecule has 0 radical (unpaired) electrons. The monoisotopic (exact) mass is 328 g/mol. The average molecular weight is 330 g/mol. The van der Waals surface area contributed by atoms with Crippen molar-refractivity contribution in [1.29, 1.82) is 0 Å². The van der Waals surface area contributed by atoms with Crippen LogP contribution in [0, 0.1) is 0 Å². The van der Waals surface area contributed by atoms with Gasteiger partial charge in [-0.25, -0.2) is 4.98 Å². The summed E-state index contributed by atoms with van der Waals surface area (Å²) in [5.41, 5.74) is 4.41. The molecule has 1 heterocycles. The zero-order chi connectivity index (χ0) is 11.5. The molecule has 1 aromatic heterocycles. The second-order valence-corrected chi connectivity index (χ2v) is 4.14. The fourth-order valence-corrected chi connectivity index (χ4v) is 1.81. The molecular weight excluding hydrogens is 320 g/mol.